The van der Waals surface area contributed by atoms with E-state index in [-0.39, 0.29) is 0 Å². The van der Waals surface area contributed by atoms with Crippen LogP contribution in [0.25, 0.3) is 0 Å². The first-order valence-electron chi connectivity index (χ1n) is 3.91. The van der Waals surface area contributed by atoms with Gasteiger partial charge in [-0.25, -0.2) is 0 Å². The Morgan fingerprint density at radius 1 is 1.45 bits per heavy atom. The SMILES string of the molecule is [Si]OCOCCCCC1CO1. The van der Waals surface area contributed by atoms with Crippen LogP contribution < -0.4 is 0 Å². The van der Waals surface area contributed by atoms with Gasteiger partial charge in [-0.3, -0.25) is 0 Å². The van der Waals surface area contributed by atoms with Crippen LogP contribution in [-0.4, -0.2) is 36.6 Å². The lowest BCUT2D eigenvalue weighted by Crippen LogP contribution is -1.99. The van der Waals surface area contributed by atoms with E-state index < -0.39 is 0 Å². The van der Waals surface area contributed by atoms with Crippen molar-refractivity contribution >= 4 is 10.5 Å². The van der Waals surface area contributed by atoms with E-state index in [2.05, 4.69) is 14.9 Å². The van der Waals surface area contributed by atoms with Gasteiger partial charge in [0.2, 0.25) is 10.5 Å². The quantitative estimate of drug-likeness (QED) is 0.245. The van der Waals surface area contributed by atoms with Gasteiger partial charge in [-0.1, -0.05) is 0 Å². The Morgan fingerprint density at radius 3 is 2.91 bits per heavy atom. The number of hydrogen-bond donors (Lipinski definition) is 0. The lowest BCUT2D eigenvalue weighted by Gasteiger charge is -2.00. The molecule has 0 amide bonds. The number of epoxide rings is 1. The maximum absolute atomic E-state index is 5.07. The smallest absolute Gasteiger partial charge is 0.249 e. The molecule has 1 atom stereocenters. The predicted octanol–water partition coefficient (Wildman–Crippen LogP) is 0.630. The second-order valence-electron chi connectivity index (χ2n) is 2.62. The van der Waals surface area contributed by atoms with Crippen LogP contribution in [0.5, 0.6) is 0 Å². The summed E-state index contributed by atoms with van der Waals surface area (Å²) in [4.78, 5) is 0. The monoisotopic (exact) mass is 173 g/mol. The molecule has 4 heteroatoms. The van der Waals surface area contributed by atoms with Crippen molar-refractivity contribution in [1.82, 2.24) is 0 Å². The van der Waals surface area contributed by atoms with Gasteiger partial charge in [-0.2, -0.15) is 0 Å². The molecule has 1 rings (SSSR count). The van der Waals surface area contributed by atoms with Crippen molar-refractivity contribution in [2.45, 2.75) is 25.4 Å². The summed E-state index contributed by atoms with van der Waals surface area (Å²) in [6, 6.07) is 0. The molecular weight excluding hydrogens is 160 g/mol. The summed E-state index contributed by atoms with van der Waals surface area (Å²) in [5.74, 6) is 0. The maximum Gasteiger partial charge on any atom is 0.249 e. The van der Waals surface area contributed by atoms with E-state index in [1.807, 2.05) is 0 Å². The van der Waals surface area contributed by atoms with Gasteiger partial charge in [-0.05, 0) is 19.3 Å². The summed E-state index contributed by atoms with van der Waals surface area (Å²) in [5.41, 5.74) is 0. The summed E-state index contributed by atoms with van der Waals surface area (Å²) in [6.07, 6.45) is 4.02. The van der Waals surface area contributed by atoms with E-state index in [4.69, 9.17) is 9.47 Å². The molecule has 0 N–H and O–H groups in total. The first-order chi connectivity index (χ1) is 5.43. The molecule has 0 aromatic carbocycles. The zero-order valence-corrected chi connectivity index (χ0v) is 7.54. The fourth-order valence-electron chi connectivity index (χ4n) is 0.911. The molecule has 0 bridgehead atoms. The van der Waals surface area contributed by atoms with Crippen molar-refractivity contribution in [3.63, 3.8) is 0 Å². The van der Waals surface area contributed by atoms with Gasteiger partial charge in [0.15, 0.2) is 0 Å². The highest BCUT2D eigenvalue weighted by Crippen LogP contribution is 2.16. The van der Waals surface area contributed by atoms with Crippen molar-refractivity contribution in [3.8, 4) is 0 Å². The lowest BCUT2D eigenvalue weighted by molar-refractivity contribution is 0.0184. The third-order valence-electron chi connectivity index (χ3n) is 1.61. The first-order valence-corrected chi connectivity index (χ1v) is 4.32. The summed E-state index contributed by atoms with van der Waals surface area (Å²) in [5, 5.41) is 0. The summed E-state index contributed by atoms with van der Waals surface area (Å²) < 4.78 is 14.7. The van der Waals surface area contributed by atoms with Gasteiger partial charge in [0.25, 0.3) is 0 Å². The van der Waals surface area contributed by atoms with Crippen molar-refractivity contribution in [3.05, 3.63) is 0 Å². The molecule has 0 aliphatic carbocycles. The molecule has 1 saturated heterocycles. The van der Waals surface area contributed by atoms with Crippen molar-refractivity contribution < 1.29 is 13.9 Å². The van der Waals surface area contributed by atoms with Crippen LogP contribution in [0.1, 0.15) is 19.3 Å². The molecule has 1 heterocycles. The largest absolute Gasteiger partial charge is 0.397 e. The molecule has 0 spiro atoms. The van der Waals surface area contributed by atoms with Gasteiger partial charge in [0.05, 0.1) is 12.7 Å². The van der Waals surface area contributed by atoms with E-state index in [9.17, 15) is 0 Å². The van der Waals surface area contributed by atoms with Gasteiger partial charge >= 0.3 is 0 Å². The molecule has 63 valence electrons. The van der Waals surface area contributed by atoms with Crippen molar-refractivity contribution in [2.75, 3.05) is 20.0 Å². The van der Waals surface area contributed by atoms with Crippen LogP contribution in [0.2, 0.25) is 0 Å². The average Bonchev–Trinajstić information content (AvgIpc) is 2.80. The van der Waals surface area contributed by atoms with E-state index in [1.165, 1.54) is 12.8 Å². The molecule has 3 radical (unpaired) electrons. The zero-order valence-electron chi connectivity index (χ0n) is 6.54. The van der Waals surface area contributed by atoms with Gasteiger partial charge in [0.1, 0.15) is 6.79 Å². The minimum Gasteiger partial charge on any atom is -0.397 e. The first kappa shape index (κ1) is 9.19. The van der Waals surface area contributed by atoms with E-state index >= 15 is 0 Å². The minimum atomic E-state index is 0.330. The van der Waals surface area contributed by atoms with Crippen LogP contribution in [-0.2, 0) is 13.9 Å². The Balaban J connectivity index is 1.66. The highest BCUT2D eigenvalue weighted by atomic mass is 28.2. The maximum atomic E-state index is 5.07. The molecule has 1 aliphatic rings. The molecule has 0 aromatic heterocycles. The highest BCUT2D eigenvalue weighted by Gasteiger charge is 2.20. The number of hydrogen-bond acceptors (Lipinski definition) is 3. The fourth-order valence-corrected chi connectivity index (χ4v) is 0.995. The molecule has 0 saturated carbocycles. The fraction of sp³-hybridized carbons (Fsp3) is 1.00. The second-order valence-corrected chi connectivity index (χ2v) is 2.91. The molecule has 1 unspecified atom stereocenters. The lowest BCUT2D eigenvalue weighted by atomic mass is 10.2. The van der Waals surface area contributed by atoms with Gasteiger partial charge in [0, 0.05) is 6.61 Å². The van der Waals surface area contributed by atoms with Gasteiger partial charge < -0.3 is 13.9 Å². The number of ether oxygens (including phenoxy) is 2. The van der Waals surface area contributed by atoms with Crippen molar-refractivity contribution in [1.29, 1.82) is 0 Å². The van der Waals surface area contributed by atoms with Crippen LogP contribution in [0.15, 0.2) is 0 Å². The Morgan fingerprint density at radius 2 is 2.27 bits per heavy atom. The molecule has 3 nitrogen and oxygen atoms in total. The van der Waals surface area contributed by atoms with Gasteiger partial charge in [-0.15, -0.1) is 0 Å². The molecule has 1 fully saturated rings. The van der Waals surface area contributed by atoms with Crippen LogP contribution in [0.4, 0.5) is 0 Å². The third kappa shape index (κ3) is 5.38. The molecule has 1 aliphatic heterocycles. The van der Waals surface area contributed by atoms with Crippen LogP contribution in [0.3, 0.4) is 0 Å². The number of rotatable bonds is 7. The Labute approximate surface area is 70.6 Å². The highest BCUT2D eigenvalue weighted by molar-refractivity contribution is 5.97. The normalized spacial score (nSPS) is 22.1. The van der Waals surface area contributed by atoms with Crippen LogP contribution in [0, 0.1) is 0 Å². The summed E-state index contributed by atoms with van der Waals surface area (Å²) >= 11 is 0. The summed E-state index contributed by atoms with van der Waals surface area (Å²) in [6.45, 7) is 2.07. The Kier molecular flexibility index (Phi) is 4.77. The van der Waals surface area contributed by atoms with E-state index in [0.717, 1.165) is 19.6 Å². The Bertz CT molecular complexity index is 95.7. The molecule has 11 heavy (non-hydrogen) atoms. The standard InChI is InChI=1S/C7H13O3Si/c11-10-6-8-4-2-1-3-7-5-9-7/h7H,1-6H2. The topological polar surface area (TPSA) is 31.0 Å². The molecule has 0 aromatic rings. The average molecular weight is 173 g/mol. The summed E-state index contributed by atoms with van der Waals surface area (Å²) in [7, 11) is 2.85. The predicted molar refractivity (Wildman–Crippen MR) is 41.2 cm³/mol. The third-order valence-corrected chi connectivity index (χ3v) is 1.73. The minimum absolute atomic E-state index is 0.330. The van der Waals surface area contributed by atoms with E-state index in [0.29, 0.717) is 12.9 Å². The zero-order chi connectivity index (χ0) is 7.94. The van der Waals surface area contributed by atoms with Crippen molar-refractivity contribution in [2.24, 2.45) is 0 Å². The second kappa shape index (κ2) is 5.71. The number of unbranched alkanes of at least 4 members (excludes halogenated alkanes) is 1. The molecular formula is C7H13O3Si. The van der Waals surface area contributed by atoms with E-state index in [1.54, 1.807) is 0 Å². The Hall–Kier alpha value is 0.0969. The van der Waals surface area contributed by atoms with Crippen LogP contribution >= 0.6 is 0 Å².